The van der Waals surface area contributed by atoms with Crippen molar-refractivity contribution < 1.29 is 9.53 Å². The molecule has 2 aliphatic rings. The number of allylic oxidation sites excluding steroid dienone is 2. The van der Waals surface area contributed by atoms with Crippen LogP contribution in [-0.2, 0) is 9.53 Å². The third-order valence-corrected chi connectivity index (χ3v) is 4.41. The first-order valence-corrected chi connectivity index (χ1v) is 6.32. The summed E-state index contributed by atoms with van der Waals surface area (Å²) in [5, 5.41) is 0. The maximum Gasteiger partial charge on any atom is 0.206 e. The molecule has 16 heavy (non-hydrogen) atoms. The van der Waals surface area contributed by atoms with Crippen molar-refractivity contribution in [3.8, 4) is 0 Å². The highest BCUT2D eigenvalue weighted by molar-refractivity contribution is 6.01. The zero-order valence-electron chi connectivity index (χ0n) is 10.9. The van der Waals surface area contributed by atoms with Crippen molar-refractivity contribution in [2.24, 2.45) is 5.41 Å². The van der Waals surface area contributed by atoms with Crippen LogP contribution in [0.2, 0.25) is 0 Å². The first-order valence-electron chi connectivity index (χ1n) is 6.32. The molecule has 0 aromatic carbocycles. The fourth-order valence-electron chi connectivity index (χ4n) is 2.42. The molecule has 0 spiro atoms. The number of carbonyl (C=O) groups excluding carboxylic acids is 1. The fourth-order valence-corrected chi connectivity index (χ4v) is 2.42. The maximum atomic E-state index is 12.4. The van der Waals surface area contributed by atoms with Crippen LogP contribution in [0.4, 0.5) is 0 Å². The normalized spacial score (nSPS) is 28.1. The molecule has 0 N–H and O–H groups in total. The molecule has 1 saturated carbocycles. The smallest absolute Gasteiger partial charge is 0.206 e. The monoisotopic (exact) mass is 222 g/mol. The van der Waals surface area contributed by atoms with Gasteiger partial charge in [-0.15, -0.1) is 0 Å². The molecule has 2 fully saturated rings. The van der Waals surface area contributed by atoms with Gasteiger partial charge in [0.2, 0.25) is 5.78 Å². The summed E-state index contributed by atoms with van der Waals surface area (Å²) in [6.07, 6.45) is 5.80. The summed E-state index contributed by atoms with van der Waals surface area (Å²) in [6.45, 7) is 8.01. The topological polar surface area (TPSA) is 26.3 Å². The standard InChI is InChI=1S/C14H22O2/c1-13(2)12(15)11(16-14(13,3)4)10-8-6-5-7-9-10/h5-9H2,1-4H3. The van der Waals surface area contributed by atoms with Gasteiger partial charge < -0.3 is 4.74 Å². The Morgan fingerprint density at radius 3 is 2.00 bits per heavy atom. The molecule has 1 aliphatic heterocycles. The third-order valence-electron chi connectivity index (χ3n) is 4.41. The molecular formula is C14H22O2. The first kappa shape index (κ1) is 11.7. The van der Waals surface area contributed by atoms with Crippen molar-refractivity contribution in [3.63, 3.8) is 0 Å². The molecule has 2 rings (SSSR count). The van der Waals surface area contributed by atoms with E-state index in [1.165, 1.54) is 24.8 Å². The molecule has 0 aromatic rings. The molecular weight excluding hydrogens is 200 g/mol. The van der Waals surface area contributed by atoms with E-state index in [-0.39, 0.29) is 11.4 Å². The zero-order valence-corrected chi connectivity index (χ0v) is 10.9. The molecule has 1 heterocycles. The number of ketones is 1. The number of Topliss-reactive ketones (excluding diaryl/α,β-unsaturated/α-hetero) is 1. The van der Waals surface area contributed by atoms with Crippen molar-refractivity contribution >= 4 is 5.78 Å². The highest BCUT2D eigenvalue weighted by Crippen LogP contribution is 2.47. The lowest BCUT2D eigenvalue weighted by molar-refractivity contribution is -0.123. The van der Waals surface area contributed by atoms with Crippen molar-refractivity contribution in [3.05, 3.63) is 11.3 Å². The highest BCUT2D eigenvalue weighted by Gasteiger charge is 2.54. The van der Waals surface area contributed by atoms with Gasteiger partial charge in [-0.2, -0.15) is 0 Å². The van der Waals surface area contributed by atoms with Crippen molar-refractivity contribution in [1.29, 1.82) is 0 Å². The number of rotatable bonds is 0. The second-order valence-corrected chi connectivity index (χ2v) is 6.06. The Bertz CT molecular complexity index is 340. The summed E-state index contributed by atoms with van der Waals surface area (Å²) >= 11 is 0. The van der Waals surface area contributed by atoms with Crippen LogP contribution in [0.5, 0.6) is 0 Å². The largest absolute Gasteiger partial charge is 0.483 e. The van der Waals surface area contributed by atoms with Crippen molar-refractivity contribution in [1.82, 2.24) is 0 Å². The van der Waals surface area contributed by atoms with Gasteiger partial charge in [0.1, 0.15) is 5.60 Å². The average Bonchev–Trinajstić information content (AvgIpc) is 2.40. The summed E-state index contributed by atoms with van der Waals surface area (Å²) in [5.41, 5.74) is 0.492. The summed E-state index contributed by atoms with van der Waals surface area (Å²) in [5.74, 6) is 0.893. The quantitative estimate of drug-likeness (QED) is 0.585. The molecule has 0 aromatic heterocycles. The minimum absolute atomic E-state index is 0.203. The van der Waals surface area contributed by atoms with Gasteiger partial charge in [-0.3, -0.25) is 4.79 Å². The minimum Gasteiger partial charge on any atom is -0.483 e. The summed E-state index contributed by atoms with van der Waals surface area (Å²) < 4.78 is 5.95. The predicted molar refractivity (Wildman–Crippen MR) is 64.1 cm³/mol. The summed E-state index contributed by atoms with van der Waals surface area (Å²) in [4.78, 5) is 12.4. The van der Waals surface area contributed by atoms with Gasteiger partial charge >= 0.3 is 0 Å². The van der Waals surface area contributed by atoms with Gasteiger partial charge in [0, 0.05) is 0 Å². The SMILES string of the molecule is CC1(C)OC(=C2CCCCC2)C(=O)C1(C)C. The van der Waals surface area contributed by atoms with Crippen LogP contribution in [0.25, 0.3) is 0 Å². The van der Waals surface area contributed by atoms with E-state index >= 15 is 0 Å². The molecule has 2 nitrogen and oxygen atoms in total. The van der Waals surface area contributed by atoms with Crippen molar-refractivity contribution in [2.75, 3.05) is 0 Å². The molecule has 90 valence electrons. The van der Waals surface area contributed by atoms with Crippen LogP contribution in [-0.4, -0.2) is 11.4 Å². The van der Waals surface area contributed by atoms with E-state index in [0.29, 0.717) is 5.76 Å². The molecule has 2 heteroatoms. The average molecular weight is 222 g/mol. The van der Waals surface area contributed by atoms with E-state index in [0.717, 1.165) is 12.8 Å². The van der Waals surface area contributed by atoms with E-state index in [9.17, 15) is 4.79 Å². The molecule has 1 aliphatic carbocycles. The van der Waals surface area contributed by atoms with E-state index in [1.807, 2.05) is 27.7 Å². The lowest BCUT2D eigenvalue weighted by Gasteiger charge is -2.30. The van der Waals surface area contributed by atoms with Gasteiger partial charge in [0.15, 0.2) is 5.76 Å². The Morgan fingerprint density at radius 1 is 1.00 bits per heavy atom. The zero-order chi connectivity index (χ0) is 12.0. The Hall–Kier alpha value is -0.790. The van der Waals surface area contributed by atoms with Gasteiger partial charge in [-0.25, -0.2) is 0 Å². The van der Waals surface area contributed by atoms with E-state index < -0.39 is 5.41 Å². The first-order chi connectivity index (χ1) is 7.36. The van der Waals surface area contributed by atoms with Crippen LogP contribution < -0.4 is 0 Å². The Kier molecular flexibility index (Phi) is 2.64. The van der Waals surface area contributed by atoms with Crippen LogP contribution >= 0.6 is 0 Å². The van der Waals surface area contributed by atoms with Crippen LogP contribution in [0, 0.1) is 5.41 Å². The maximum absolute atomic E-state index is 12.4. The van der Waals surface area contributed by atoms with Gasteiger partial charge in [0.25, 0.3) is 0 Å². The fraction of sp³-hybridized carbons (Fsp3) is 0.786. The Balaban J connectivity index is 2.36. The number of carbonyl (C=O) groups is 1. The predicted octanol–water partition coefficient (Wildman–Crippen LogP) is 3.61. The Labute approximate surface area is 98.1 Å². The Morgan fingerprint density at radius 2 is 1.56 bits per heavy atom. The van der Waals surface area contributed by atoms with Crippen molar-refractivity contribution in [2.45, 2.75) is 65.4 Å². The molecule has 0 bridgehead atoms. The van der Waals surface area contributed by atoms with E-state index in [1.54, 1.807) is 0 Å². The van der Waals surface area contributed by atoms with E-state index in [2.05, 4.69) is 0 Å². The second-order valence-electron chi connectivity index (χ2n) is 6.06. The van der Waals surface area contributed by atoms with Gasteiger partial charge in [-0.1, -0.05) is 6.42 Å². The highest BCUT2D eigenvalue weighted by atomic mass is 16.5. The molecule has 0 unspecified atom stereocenters. The third kappa shape index (κ3) is 1.59. The van der Waals surface area contributed by atoms with Gasteiger partial charge in [-0.05, 0) is 59.0 Å². The molecule has 1 saturated heterocycles. The number of hydrogen-bond donors (Lipinski definition) is 0. The second kappa shape index (κ2) is 3.61. The number of hydrogen-bond acceptors (Lipinski definition) is 2. The lowest BCUT2D eigenvalue weighted by atomic mass is 9.75. The van der Waals surface area contributed by atoms with Gasteiger partial charge in [0.05, 0.1) is 5.41 Å². The molecule has 0 atom stereocenters. The van der Waals surface area contributed by atoms with E-state index in [4.69, 9.17) is 4.74 Å². The van der Waals surface area contributed by atoms with Crippen LogP contribution in [0.15, 0.2) is 11.3 Å². The van der Waals surface area contributed by atoms with Crippen LogP contribution in [0.1, 0.15) is 59.8 Å². The lowest BCUT2D eigenvalue weighted by Crippen LogP contribution is -2.38. The summed E-state index contributed by atoms with van der Waals surface area (Å²) in [6, 6.07) is 0. The minimum atomic E-state index is -0.396. The summed E-state index contributed by atoms with van der Waals surface area (Å²) in [7, 11) is 0. The number of ether oxygens (including phenoxy) is 1. The van der Waals surface area contributed by atoms with Crippen LogP contribution in [0.3, 0.4) is 0 Å². The molecule has 0 radical (unpaired) electrons. The molecule has 0 amide bonds.